The Balaban J connectivity index is 1.70. The number of ether oxygens (including phenoxy) is 1. The molecule has 132 valence electrons. The number of carbonyl (C=O) groups is 1. The number of halogens is 3. The van der Waals surface area contributed by atoms with Crippen molar-refractivity contribution < 1.29 is 22.7 Å². The summed E-state index contributed by atoms with van der Waals surface area (Å²) in [6.07, 6.45) is -2.67. The highest BCUT2D eigenvalue weighted by atomic mass is 19.4. The van der Waals surface area contributed by atoms with Crippen molar-refractivity contribution in [3.63, 3.8) is 0 Å². The SMILES string of the molecule is CC1(C)CN(C(=O)Nc2cc(C3CC3)ccn2)CC(C(F)(F)F)O1. The van der Waals surface area contributed by atoms with E-state index in [1.165, 1.54) is 13.8 Å². The van der Waals surface area contributed by atoms with Gasteiger partial charge in [-0.15, -0.1) is 0 Å². The molecule has 24 heavy (non-hydrogen) atoms. The van der Waals surface area contributed by atoms with E-state index in [2.05, 4.69) is 10.3 Å². The Morgan fingerprint density at radius 1 is 1.42 bits per heavy atom. The molecule has 0 spiro atoms. The Kier molecular flexibility index (Phi) is 4.19. The zero-order valence-corrected chi connectivity index (χ0v) is 13.6. The highest BCUT2D eigenvalue weighted by Crippen LogP contribution is 2.40. The van der Waals surface area contributed by atoms with Crippen LogP contribution in [0.15, 0.2) is 18.3 Å². The summed E-state index contributed by atoms with van der Waals surface area (Å²) in [7, 11) is 0. The summed E-state index contributed by atoms with van der Waals surface area (Å²) in [5.41, 5.74) is 0.0229. The van der Waals surface area contributed by atoms with Gasteiger partial charge in [-0.3, -0.25) is 5.32 Å². The van der Waals surface area contributed by atoms with E-state index in [1.807, 2.05) is 6.07 Å². The van der Waals surface area contributed by atoms with Crippen LogP contribution in [0.1, 0.15) is 38.2 Å². The van der Waals surface area contributed by atoms with Gasteiger partial charge in [-0.05, 0) is 50.3 Å². The Morgan fingerprint density at radius 3 is 2.75 bits per heavy atom. The van der Waals surface area contributed by atoms with E-state index in [9.17, 15) is 18.0 Å². The molecule has 2 aliphatic rings. The molecule has 2 amide bonds. The first kappa shape index (κ1) is 17.0. The van der Waals surface area contributed by atoms with E-state index in [4.69, 9.17) is 4.74 Å². The van der Waals surface area contributed by atoms with Crippen LogP contribution in [-0.4, -0.2) is 46.9 Å². The zero-order valence-electron chi connectivity index (χ0n) is 13.6. The second kappa shape index (κ2) is 5.91. The molecule has 1 aliphatic heterocycles. The molecule has 0 radical (unpaired) electrons. The number of carbonyl (C=O) groups excluding carboxylic acids is 1. The predicted molar refractivity (Wildman–Crippen MR) is 81.8 cm³/mol. The lowest BCUT2D eigenvalue weighted by molar-refractivity contribution is -0.267. The van der Waals surface area contributed by atoms with Gasteiger partial charge in [0.1, 0.15) is 5.82 Å². The minimum absolute atomic E-state index is 0.0771. The van der Waals surface area contributed by atoms with Crippen molar-refractivity contribution >= 4 is 11.8 Å². The first-order valence-corrected chi connectivity index (χ1v) is 7.90. The molecule has 2 heterocycles. The van der Waals surface area contributed by atoms with Crippen molar-refractivity contribution in [1.82, 2.24) is 9.88 Å². The molecule has 1 saturated heterocycles. The molecule has 1 aromatic heterocycles. The summed E-state index contributed by atoms with van der Waals surface area (Å²) in [5.74, 6) is 0.859. The van der Waals surface area contributed by atoms with Gasteiger partial charge in [0.25, 0.3) is 0 Å². The van der Waals surface area contributed by atoms with Crippen molar-refractivity contribution in [1.29, 1.82) is 0 Å². The number of nitrogens with one attached hydrogen (secondary N) is 1. The van der Waals surface area contributed by atoms with Gasteiger partial charge in [-0.2, -0.15) is 13.2 Å². The number of morpholine rings is 1. The zero-order chi connectivity index (χ0) is 17.5. The average Bonchev–Trinajstić information content (AvgIpc) is 3.29. The fourth-order valence-corrected chi connectivity index (χ4v) is 2.88. The van der Waals surface area contributed by atoms with Gasteiger partial charge in [0, 0.05) is 6.20 Å². The second-order valence-electron chi connectivity index (χ2n) is 6.97. The summed E-state index contributed by atoms with van der Waals surface area (Å²) >= 11 is 0. The molecule has 8 heteroatoms. The lowest BCUT2D eigenvalue weighted by atomic mass is 10.1. The first-order valence-electron chi connectivity index (χ1n) is 7.90. The Hall–Kier alpha value is -1.83. The molecule has 1 aromatic rings. The van der Waals surface area contributed by atoms with Gasteiger partial charge in [-0.25, -0.2) is 9.78 Å². The molecular weight excluding hydrogens is 323 g/mol. The minimum atomic E-state index is -4.51. The molecule has 1 saturated carbocycles. The van der Waals surface area contributed by atoms with Gasteiger partial charge in [0.05, 0.1) is 18.7 Å². The van der Waals surface area contributed by atoms with Crippen LogP contribution in [-0.2, 0) is 4.74 Å². The molecule has 1 aliphatic carbocycles. The normalized spacial score (nSPS) is 23.9. The number of amides is 2. The fraction of sp³-hybridized carbons (Fsp3) is 0.625. The number of pyridine rings is 1. The van der Waals surface area contributed by atoms with Crippen LogP contribution in [0.5, 0.6) is 0 Å². The Morgan fingerprint density at radius 2 is 2.12 bits per heavy atom. The van der Waals surface area contributed by atoms with Crippen molar-refractivity contribution in [2.75, 3.05) is 18.4 Å². The topological polar surface area (TPSA) is 54.5 Å². The lowest BCUT2D eigenvalue weighted by Gasteiger charge is -2.42. The number of alkyl halides is 3. The number of hydrogen-bond acceptors (Lipinski definition) is 3. The smallest absolute Gasteiger partial charge is 0.359 e. The van der Waals surface area contributed by atoms with E-state index in [0.717, 1.165) is 23.3 Å². The van der Waals surface area contributed by atoms with E-state index in [1.54, 1.807) is 12.3 Å². The molecular formula is C16H20F3N3O2. The van der Waals surface area contributed by atoms with Crippen LogP contribution < -0.4 is 5.32 Å². The summed E-state index contributed by atoms with van der Waals surface area (Å²) < 4.78 is 44.1. The Labute approximate surface area is 138 Å². The van der Waals surface area contributed by atoms with Crippen molar-refractivity contribution in [2.24, 2.45) is 0 Å². The number of nitrogens with zero attached hydrogens (tertiary/aromatic N) is 2. The third kappa shape index (κ3) is 3.98. The van der Waals surface area contributed by atoms with Gasteiger partial charge >= 0.3 is 12.2 Å². The molecule has 5 nitrogen and oxygen atoms in total. The highest BCUT2D eigenvalue weighted by Gasteiger charge is 2.49. The average molecular weight is 343 g/mol. The van der Waals surface area contributed by atoms with Crippen molar-refractivity contribution in [3.05, 3.63) is 23.9 Å². The summed E-state index contributed by atoms with van der Waals surface area (Å²) in [4.78, 5) is 17.6. The number of anilines is 1. The van der Waals surface area contributed by atoms with Crippen LogP contribution in [0.4, 0.5) is 23.8 Å². The fourth-order valence-electron chi connectivity index (χ4n) is 2.88. The largest absolute Gasteiger partial charge is 0.416 e. The molecule has 1 N–H and O–H groups in total. The highest BCUT2D eigenvalue weighted by molar-refractivity contribution is 5.88. The number of rotatable bonds is 2. The van der Waals surface area contributed by atoms with E-state index >= 15 is 0 Å². The predicted octanol–water partition coefficient (Wildman–Crippen LogP) is 3.53. The van der Waals surface area contributed by atoms with Crippen LogP contribution >= 0.6 is 0 Å². The standard InChI is InChI=1S/C16H20F3N3O2/c1-15(2)9-22(8-12(24-15)16(17,18)19)14(23)21-13-7-11(5-6-20-13)10-3-4-10/h5-7,10,12H,3-4,8-9H2,1-2H3,(H,20,21,23). The van der Waals surface area contributed by atoms with Gasteiger partial charge in [-0.1, -0.05) is 0 Å². The molecule has 1 atom stereocenters. The molecule has 0 bridgehead atoms. The van der Waals surface area contributed by atoms with Gasteiger partial charge < -0.3 is 9.64 Å². The third-order valence-electron chi connectivity index (χ3n) is 4.14. The summed E-state index contributed by atoms with van der Waals surface area (Å²) in [5, 5.41) is 2.60. The summed E-state index contributed by atoms with van der Waals surface area (Å²) in [6, 6.07) is 3.08. The maximum absolute atomic E-state index is 13.0. The lowest BCUT2D eigenvalue weighted by Crippen LogP contribution is -2.59. The minimum Gasteiger partial charge on any atom is -0.359 e. The third-order valence-corrected chi connectivity index (χ3v) is 4.14. The van der Waals surface area contributed by atoms with Gasteiger partial charge in [0.15, 0.2) is 6.10 Å². The van der Waals surface area contributed by atoms with Crippen LogP contribution in [0.2, 0.25) is 0 Å². The number of urea groups is 1. The van der Waals surface area contributed by atoms with E-state index in [-0.39, 0.29) is 6.54 Å². The first-order chi connectivity index (χ1) is 11.1. The summed E-state index contributed by atoms with van der Waals surface area (Å²) in [6.45, 7) is 2.63. The van der Waals surface area contributed by atoms with Crippen molar-refractivity contribution in [2.45, 2.75) is 50.5 Å². The van der Waals surface area contributed by atoms with Gasteiger partial charge in [0.2, 0.25) is 0 Å². The monoisotopic (exact) mass is 343 g/mol. The van der Waals surface area contributed by atoms with Crippen LogP contribution in [0, 0.1) is 0 Å². The number of aromatic nitrogens is 1. The molecule has 3 rings (SSSR count). The molecule has 2 fully saturated rings. The van der Waals surface area contributed by atoms with Crippen LogP contribution in [0.3, 0.4) is 0 Å². The Bertz CT molecular complexity index is 629. The molecule has 0 aromatic carbocycles. The quantitative estimate of drug-likeness (QED) is 0.894. The van der Waals surface area contributed by atoms with E-state index < -0.39 is 30.5 Å². The van der Waals surface area contributed by atoms with Crippen LogP contribution in [0.25, 0.3) is 0 Å². The molecule has 1 unspecified atom stereocenters. The maximum atomic E-state index is 13.0. The second-order valence-corrected chi connectivity index (χ2v) is 6.97. The maximum Gasteiger partial charge on any atom is 0.416 e. The number of hydrogen-bond donors (Lipinski definition) is 1. The van der Waals surface area contributed by atoms with Crippen molar-refractivity contribution in [3.8, 4) is 0 Å². The van der Waals surface area contributed by atoms with E-state index in [0.29, 0.717) is 11.7 Å².